The van der Waals surface area contributed by atoms with Gasteiger partial charge >= 0.3 is 18.5 Å². The van der Waals surface area contributed by atoms with Crippen molar-refractivity contribution in [3.05, 3.63) is 232 Å². The van der Waals surface area contributed by atoms with E-state index < -0.39 is 104 Å². The number of benzene rings is 6. The van der Waals surface area contributed by atoms with Crippen molar-refractivity contribution in [2.45, 2.75) is 92.0 Å². The summed E-state index contributed by atoms with van der Waals surface area (Å²) >= 11 is 0. The molecule has 0 spiro atoms. The highest BCUT2D eigenvalue weighted by Crippen LogP contribution is 2.46. The highest BCUT2D eigenvalue weighted by molar-refractivity contribution is 7.87. The number of hydrogen-bond acceptors (Lipinski definition) is 23. The topological polar surface area (TPSA) is 285 Å². The van der Waals surface area contributed by atoms with Gasteiger partial charge in [0.2, 0.25) is 0 Å². The maximum atomic E-state index is 15.9. The highest BCUT2D eigenvalue weighted by Gasteiger charge is 2.38. The number of alkyl halides is 9. The summed E-state index contributed by atoms with van der Waals surface area (Å²) in [6.45, 7) is -1.64. The molecule has 4 heterocycles. The Kier molecular flexibility index (Phi) is 32.3. The van der Waals surface area contributed by atoms with Crippen LogP contribution in [-0.4, -0.2) is 173 Å². The summed E-state index contributed by atoms with van der Waals surface area (Å²) in [5, 5.41) is 0.374. The molecule has 0 amide bonds. The van der Waals surface area contributed by atoms with Gasteiger partial charge in [-0.15, -0.1) is 0 Å². The molecule has 0 radical (unpaired) electrons. The van der Waals surface area contributed by atoms with E-state index in [1.165, 1.54) is 45.6 Å². The Bertz CT molecular complexity index is 5740. The van der Waals surface area contributed by atoms with Crippen molar-refractivity contribution >= 4 is 85.9 Å². The van der Waals surface area contributed by atoms with Gasteiger partial charge in [0.05, 0.1) is 71.7 Å². The molecule has 1 saturated heterocycles. The van der Waals surface area contributed by atoms with E-state index in [9.17, 15) is 64.8 Å². The Hall–Kier alpha value is -9.40. The van der Waals surface area contributed by atoms with Gasteiger partial charge in [0.1, 0.15) is 28.1 Å². The zero-order chi connectivity index (χ0) is 87.4. The summed E-state index contributed by atoms with van der Waals surface area (Å²) in [6, 6.07) is 43.8. The molecule has 10 rings (SSSR count). The number of halogens is 9. The van der Waals surface area contributed by atoms with Gasteiger partial charge in [-0.25, -0.2) is 9.97 Å². The van der Waals surface area contributed by atoms with Gasteiger partial charge in [-0.3, -0.25) is 41.4 Å². The third-order valence-corrected chi connectivity index (χ3v) is 28.0. The van der Waals surface area contributed by atoms with E-state index >= 15 is 9.13 Å². The number of ether oxygens (including phenoxy) is 3. The molecule has 1 aliphatic rings. The minimum atomic E-state index is -5.00. The fourth-order valence-corrected chi connectivity index (χ4v) is 20.1. The number of aromatic nitrogens is 3. The van der Waals surface area contributed by atoms with Gasteiger partial charge in [0, 0.05) is 102 Å². The zero-order valence-corrected chi connectivity index (χ0v) is 71.0. The third kappa shape index (κ3) is 27.5. The van der Waals surface area contributed by atoms with E-state index in [-0.39, 0.29) is 82.5 Å². The van der Waals surface area contributed by atoms with Crippen LogP contribution in [0.2, 0.25) is 0 Å². The predicted molar refractivity (Wildman–Crippen MR) is 439 cm³/mol. The standard InChI is InChI=1S/C83H83F9N7O16P3S3/c1-6-111-117(100,73-31-37-76(38-32-73)120(104,105)114-57-82(87,88)89)79-50-63(15-12-60-19-25-70(109-4)26-20-60)47-66(95-79)52-97-42-43-98(53-65-46-62(14-11-59-17-23-69(108-3)24-18-59)49-78(94-65)116-72-29-35-75(36-30-72)119(102,103)113-56-81(84,85)86)55-68(10-8-9-41-93)99(45-44-97)54-67-48-64(16-13-61-21-27-71(110-5)28-22-61)51-80(96-67)118(101,112-7-2)74-33-39-77(40-34-74)121(106,107)115-58-83(90,91)92/h17-40,46-51,68,116H,6-10,41-45,52-58,93H2,1-5H3/t68-,117?,118?/m0/s1. The molecule has 121 heavy (non-hydrogen) atoms. The molecule has 3 unspecified atom stereocenters. The van der Waals surface area contributed by atoms with Crippen LogP contribution in [0.5, 0.6) is 17.2 Å². The third-order valence-electron chi connectivity index (χ3n) is 18.2. The lowest BCUT2D eigenvalue weighted by molar-refractivity contribution is -0.153. The van der Waals surface area contributed by atoms with Crippen LogP contribution in [-0.2, 0) is 80.7 Å². The van der Waals surface area contributed by atoms with Gasteiger partial charge in [0.15, 0.2) is 19.8 Å². The zero-order valence-electron chi connectivity index (χ0n) is 65.7. The molecule has 2 N–H and O–H groups in total. The number of nitrogens with zero attached hydrogens (tertiary/aromatic N) is 6. The quantitative estimate of drug-likeness (QED) is 0.0135. The Morgan fingerprint density at radius 3 is 1.17 bits per heavy atom. The summed E-state index contributed by atoms with van der Waals surface area (Å²) in [5.41, 5.74) is 10.5. The van der Waals surface area contributed by atoms with Gasteiger partial charge in [-0.1, -0.05) is 54.1 Å². The van der Waals surface area contributed by atoms with Crippen molar-refractivity contribution in [2.75, 3.05) is 93.6 Å². The molecule has 0 bridgehead atoms. The van der Waals surface area contributed by atoms with Crippen LogP contribution in [0.15, 0.2) is 197 Å². The van der Waals surface area contributed by atoms with Crippen molar-refractivity contribution < 1.29 is 110 Å². The van der Waals surface area contributed by atoms with Crippen molar-refractivity contribution in [3.8, 4) is 52.8 Å². The Morgan fingerprint density at radius 1 is 0.438 bits per heavy atom. The minimum absolute atomic E-state index is 0.000702. The maximum Gasteiger partial charge on any atom is 0.413 e. The molecule has 1 aliphatic heterocycles. The fourth-order valence-electron chi connectivity index (χ4n) is 12.4. The molecule has 9 aromatic rings. The number of unbranched alkanes of at least 4 members (excludes halogenated alkanes) is 1. The number of methoxy groups -OCH3 is 3. The van der Waals surface area contributed by atoms with Gasteiger partial charge in [0.25, 0.3) is 45.1 Å². The minimum Gasteiger partial charge on any atom is -0.497 e. The van der Waals surface area contributed by atoms with E-state index in [0.29, 0.717) is 117 Å². The highest BCUT2D eigenvalue weighted by atomic mass is 32.2. The van der Waals surface area contributed by atoms with Crippen LogP contribution in [0.3, 0.4) is 0 Å². The fraction of sp³-hybridized carbons (Fsp3) is 0.313. The summed E-state index contributed by atoms with van der Waals surface area (Å²) < 4.78 is 270. The lowest BCUT2D eigenvalue weighted by Gasteiger charge is -2.35. The monoisotopic (exact) mass is 1790 g/mol. The smallest absolute Gasteiger partial charge is 0.413 e. The van der Waals surface area contributed by atoms with E-state index in [1.54, 1.807) is 105 Å². The predicted octanol–water partition coefficient (Wildman–Crippen LogP) is 11.4. The lowest BCUT2D eigenvalue weighted by atomic mass is 10.1. The van der Waals surface area contributed by atoms with E-state index in [1.807, 2.05) is 6.07 Å². The maximum absolute atomic E-state index is 15.9. The second-order valence-electron chi connectivity index (χ2n) is 27.1. The first-order chi connectivity index (χ1) is 57.4. The normalized spacial score (nSPS) is 15.3. The summed E-state index contributed by atoms with van der Waals surface area (Å²) in [6.07, 6.45) is -13.2. The van der Waals surface area contributed by atoms with Gasteiger partial charge < -0.3 is 29.0 Å². The number of pyridine rings is 3. The SMILES string of the molecule is CCOP(=O)(c1ccc(S(=O)(=O)OCC(F)(F)F)cc1)c1cc(C#Cc2ccc(OC)cc2)cc(CN2CCN(Cc3cc(C#Cc4ccc(OC)cc4)cc(Pc4ccc(S(=O)(=O)OCC(F)(F)F)cc4)n3)C[C@H](CCCCN)N(Cc3cc(C#Cc4ccc(OC)cc4)cc(P(=O)(OCC)c4ccc(S(=O)(=O)OCC(F)(F)F)cc4)n3)CC2)n1. The first-order valence-corrected chi connectivity index (χ1v) is 45.7. The van der Waals surface area contributed by atoms with E-state index in [0.717, 1.165) is 60.7 Å². The van der Waals surface area contributed by atoms with E-state index in [4.69, 9.17) is 43.9 Å². The summed E-state index contributed by atoms with van der Waals surface area (Å²) in [4.78, 5) is 20.0. The molecule has 0 saturated carbocycles. The van der Waals surface area contributed by atoms with Gasteiger partial charge in [-0.2, -0.15) is 64.8 Å². The second kappa shape index (κ2) is 41.6. The molecule has 1 fully saturated rings. The number of hydrogen-bond donors (Lipinski definition) is 1. The molecule has 4 atom stereocenters. The summed E-state index contributed by atoms with van der Waals surface area (Å²) in [5.74, 6) is 20.8. The van der Waals surface area contributed by atoms with Crippen LogP contribution in [0.4, 0.5) is 39.5 Å². The van der Waals surface area contributed by atoms with Crippen LogP contribution >= 0.6 is 23.3 Å². The van der Waals surface area contributed by atoms with Crippen LogP contribution in [0, 0.1) is 35.5 Å². The first-order valence-electron chi connectivity index (χ1n) is 37.3. The van der Waals surface area contributed by atoms with Crippen LogP contribution < -0.4 is 52.2 Å². The van der Waals surface area contributed by atoms with Crippen molar-refractivity contribution in [2.24, 2.45) is 5.73 Å². The molecule has 642 valence electrons. The second-order valence-corrected chi connectivity index (χ2v) is 37.9. The van der Waals surface area contributed by atoms with Crippen molar-refractivity contribution in [1.29, 1.82) is 0 Å². The molecule has 0 aliphatic carbocycles. The van der Waals surface area contributed by atoms with E-state index in [2.05, 4.69) is 62.8 Å². The molecule has 23 nitrogen and oxygen atoms in total. The average Bonchev–Trinajstić information content (AvgIpc) is 0.894. The molecule has 3 aromatic heterocycles. The van der Waals surface area contributed by atoms with Crippen molar-refractivity contribution in [1.82, 2.24) is 29.7 Å². The Labute approximate surface area is 697 Å². The van der Waals surface area contributed by atoms with Crippen LogP contribution in [0.1, 0.15) is 83.6 Å². The van der Waals surface area contributed by atoms with Crippen molar-refractivity contribution in [3.63, 3.8) is 0 Å². The first kappa shape index (κ1) is 93.9. The molecule has 6 aromatic carbocycles. The molecule has 38 heteroatoms. The summed E-state index contributed by atoms with van der Waals surface area (Å²) in [7, 11) is -19.4. The molecular formula is C83H83F9N7O16P3S3. The Morgan fingerprint density at radius 2 is 0.785 bits per heavy atom. The largest absolute Gasteiger partial charge is 0.497 e. The van der Waals surface area contributed by atoms with Crippen LogP contribution in [0.25, 0.3) is 0 Å². The average molecular weight is 1790 g/mol. The lowest BCUT2D eigenvalue weighted by Crippen LogP contribution is -2.45. The van der Waals surface area contributed by atoms with Gasteiger partial charge in [-0.05, 0) is 217 Å². The number of nitrogens with two attached hydrogens (primary N) is 1. The molecular weight excluding hydrogens is 1710 g/mol. The number of rotatable bonds is 32. The Balaban J connectivity index is 1.12.